The van der Waals surface area contributed by atoms with Crippen LogP contribution < -0.4 is 9.47 Å². The van der Waals surface area contributed by atoms with Gasteiger partial charge >= 0.3 is 5.97 Å². The highest BCUT2D eigenvalue weighted by molar-refractivity contribution is 7.90. The molecule has 0 fully saturated rings. The summed E-state index contributed by atoms with van der Waals surface area (Å²) in [6.45, 7) is 0. The second-order valence-electron chi connectivity index (χ2n) is 4.04. The Labute approximate surface area is 121 Å². The van der Waals surface area contributed by atoms with E-state index in [0.29, 0.717) is 6.07 Å². The minimum atomic E-state index is -3.95. The molecular formula is C12H15FO7S. The fourth-order valence-corrected chi connectivity index (χ4v) is 2.72. The number of hydrogen-bond donors (Lipinski definition) is 1. The standard InChI is InChI=1S/C12H15FO7S/c1-18-9-6(8(14)12(15)20-3)5-7(13)11(10(9)19-2)21(4,16)17/h5,8,14H,1-4H3. The van der Waals surface area contributed by atoms with Gasteiger partial charge in [0, 0.05) is 11.8 Å². The number of aliphatic hydroxyl groups excluding tert-OH is 1. The Bertz CT molecular complexity index is 654. The Morgan fingerprint density at radius 1 is 1.24 bits per heavy atom. The Kier molecular flexibility index (Phi) is 5.13. The number of methoxy groups -OCH3 is 3. The number of aliphatic hydroxyl groups is 1. The summed E-state index contributed by atoms with van der Waals surface area (Å²) in [7, 11) is -0.643. The van der Waals surface area contributed by atoms with Crippen LogP contribution in [0.1, 0.15) is 11.7 Å². The summed E-state index contributed by atoms with van der Waals surface area (Å²) in [5.74, 6) is -2.93. The number of rotatable bonds is 5. The van der Waals surface area contributed by atoms with Gasteiger partial charge < -0.3 is 19.3 Å². The molecule has 1 rings (SSSR count). The van der Waals surface area contributed by atoms with Crippen molar-refractivity contribution in [3.8, 4) is 11.5 Å². The van der Waals surface area contributed by atoms with Gasteiger partial charge in [-0.05, 0) is 6.07 Å². The number of sulfone groups is 1. The van der Waals surface area contributed by atoms with Gasteiger partial charge in [-0.2, -0.15) is 0 Å². The van der Waals surface area contributed by atoms with Crippen molar-refractivity contribution < 1.29 is 36.9 Å². The third-order valence-corrected chi connectivity index (χ3v) is 3.79. The van der Waals surface area contributed by atoms with Gasteiger partial charge in [0.25, 0.3) is 0 Å². The lowest BCUT2D eigenvalue weighted by Crippen LogP contribution is -2.16. The number of benzene rings is 1. The monoisotopic (exact) mass is 322 g/mol. The van der Waals surface area contributed by atoms with Crippen molar-refractivity contribution in [3.63, 3.8) is 0 Å². The van der Waals surface area contributed by atoms with Crippen LogP contribution in [0.3, 0.4) is 0 Å². The molecule has 0 aromatic heterocycles. The Morgan fingerprint density at radius 3 is 2.14 bits per heavy atom. The first-order valence-corrected chi connectivity index (χ1v) is 7.48. The minimum Gasteiger partial charge on any atom is -0.492 e. The van der Waals surface area contributed by atoms with Crippen molar-refractivity contribution >= 4 is 15.8 Å². The van der Waals surface area contributed by atoms with Gasteiger partial charge in [0.1, 0.15) is 10.7 Å². The van der Waals surface area contributed by atoms with Gasteiger partial charge in [-0.15, -0.1) is 0 Å². The highest BCUT2D eigenvalue weighted by Gasteiger charge is 2.31. The van der Waals surface area contributed by atoms with Gasteiger partial charge in [-0.3, -0.25) is 0 Å². The van der Waals surface area contributed by atoms with Crippen LogP contribution in [0.4, 0.5) is 4.39 Å². The van der Waals surface area contributed by atoms with Crippen LogP contribution >= 0.6 is 0 Å². The van der Waals surface area contributed by atoms with E-state index in [4.69, 9.17) is 9.47 Å². The minimum absolute atomic E-state index is 0.266. The van der Waals surface area contributed by atoms with Crippen molar-refractivity contribution in [1.29, 1.82) is 0 Å². The number of ether oxygens (including phenoxy) is 3. The maximum absolute atomic E-state index is 14.1. The Hall–Kier alpha value is -1.87. The zero-order valence-corrected chi connectivity index (χ0v) is 12.7. The molecule has 7 nitrogen and oxygen atoms in total. The summed E-state index contributed by atoms with van der Waals surface area (Å²) in [5, 5.41) is 9.81. The van der Waals surface area contributed by atoms with E-state index in [2.05, 4.69) is 4.74 Å². The number of hydrogen-bond acceptors (Lipinski definition) is 7. The van der Waals surface area contributed by atoms with Crippen molar-refractivity contribution in [3.05, 3.63) is 17.4 Å². The molecule has 0 spiro atoms. The van der Waals surface area contributed by atoms with Crippen molar-refractivity contribution in [2.75, 3.05) is 27.6 Å². The lowest BCUT2D eigenvalue weighted by atomic mass is 10.1. The molecule has 1 N–H and O–H groups in total. The quantitative estimate of drug-likeness (QED) is 0.786. The molecule has 0 radical (unpaired) electrons. The lowest BCUT2D eigenvalue weighted by Gasteiger charge is -2.18. The van der Waals surface area contributed by atoms with E-state index in [1.54, 1.807) is 0 Å². The first-order valence-electron chi connectivity index (χ1n) is 5.59. The van der Waals surface area contributed by atoms with E-state index in [9.17, 15) is 22.7 Å². The van der Waals surface area contributed by atoms with Gasteiger partial charge in [0.15, 0.2) is 27.4 Å². The zero-order chi connectivity index (χ0) is 16.4. The lowest BCUT2D eigenvalue weighted by molar-refractivity contribution is -0.150. The molecule has 1 aromatic rings. The summed E-state index contributed by atoms with van der Waals surface area (Å²) < 4.78 is 51.5. The van der Waals surface area contributed by atoms with Crippen LogP contribution in [-0.2, 0) is 19.4 Å². The van der Waals surface area contributed by atoms with Crippen LogP contribution in [0.2, 0.25) is 0 Å². The molecule has 0 amide bonds. The molecule has 0 aliphatic heterocycles. The van der Waals surface area contributed by atoms with Crippen LogP contribution in [0.25, 0.3) is 0 Å². The summed E-state index contributed by atoms with van der Waals surface area (Å²) in [6, 6.07) is 0.694. The molecular weight excluding hydrogens is 307 g/mol. The van der Waals surface area contributed by atoms with E-state index in [1.165, 1.54) is 0 Å². The SMILES string of the molecule is COC(=O)C(O)c1cc(F)c(S(C)(=O)=O)c(OC)c1OC. The molecule has 21 heavy (non-hydrogen) atoms. The number of esters is 1. The summed E-state index contributed by atoms with van der Waals surface area (Å²) >= 11 is 0. The normalized spacial score (nSPS) is 12.7. The molecule has 1 unspecified atom stereocenters. The largest absolute Gasteiger partial charge is 0.492 e. The van der Waals surface area contributed by atoms with E-state index in [0.717, 1.165) is 27.6 Å². The second kappa shape index (κ2) is 6.27. The van der Waals surface area contributed by atoms with Crippen LogP contribution in [0.15, 0.2) is 11.0 Å². The molecule has 0 aliphatic carbocycles. The number of carbonyl (C=O) groups is 1. The van der Waals surface area contributed by atoms with Gasteiger partial charge in [-0.1, -0.05) is 0 Å². The Morgan fingerprint density at radius 2 is 1.76 bits per heavy atom. The molecule has 1 aromatic carbocycles. The highest BCUT2D eigenvalue weighted by Crippen LogP contribution is 2.41. The number of halogens is 1. The summed E-state index contributed by atoms with van der Waals surface area (Å²) in [6.07, 6.45) is -1.05. The van der Waals surface area contributed by atoms with Crippen molar-refractivity contribution in [1.82, 2.24) is 0 Å². The van der Waals surface area contributed by atoms with Gasteiger partial charge in [0.2, 0.25) is 0 Å². The molecule has 0 saturated heterocycles. The maximum atomic E-state index is 14.1. The summed E-state index contributed by atoms with van der Waals surface area (Å²) in [5.41, 5.74) is -0.300. The van der Waals surface area contributed by atoms with Gasteiger partial charge in [0.05, 0.1) is 21.3 Å². The predicted molar refractivity (Wildman–Crippen MR) is 69.6 cm³/mol. The van der Waals surface area contributed by atoms with E-state index in [1.807, 2.05) is 0 Å². The third-order valence-electron chi connectivity index (χ3n) is 2.67. The molecule has 1 atom stereocenters. The zero-order valence-electron chi connectivity index (χ0n) is 11.8. The summed E-state index contributed by atoms with van der Waals surface area (Å²) in [4.78, 5) is 10.6. The van der Waals surface area contributed by atoms with E-state index >= 15 is 0 Å². The first-order chi connectivity index (χ1) is 9.68. The molecule has 9 heteroatoms. The molecule has 0 bridgehead atoms. The van der Waals surface area contributed by atoms with E-state index in [-0.39, 0.29) is 11.3 Å². The topological polar surface area (TPSA) is 99.1 Å². The second-order valence-corrected chi connectivity index (χ2v) is 5.99. The smallest absolute Gasteiger partial charge is 0.339 e. The number of carbonyl (C=O) groups excluding carboxylic acids is 1. The average molecular weight is 322 g/mol. The third kappa shape index (κ3) is 3.24. The average Bonchev–Trinajstić information content (AvgIpc) is 2.42. The van der Waals surface area contributed by atoms with Gasteiger partial charge in [-0.25, -0.2) is 17.6 Å². The van der Waals surface area contributed by atoms with Crippen LogP contribution in [0.5, 0.6) is 11.5 Å². The van der Waals surface area contributed by atoms with Crippen LogP contribution in [0, 0.1) is 5.82 Å². The molecule has 0 aliphatic rings. The predicted octanol–water partition coefficient (Wildman–Crippen LogP) is 0.453. The highest BCUT2D eigenvalue weighted by atomic mass is 32.2. The van der Waals surface area contributed by atoms with Crippen molar-refractivity contribution in [2.45, 2.75) is 11.0 Å². The fourth-order valence-electron chi connectivity index (χ4n) is 1.79. The van der Waals surface area contributed by atoms with Crippen LogP contribution in [-0.4, -0.2) is 47.1 Å². The first kappa shape index (κ1) is 17.2. The fraction of sp³-hybridized carbons (Fsp3) is 0.417. The van der Waals surface area contributed by atoms with Crippen molar-refractivity contribution in [2.24, 2.45) is 0 Å². The van der Waals surface area contributed by atoms with E-state index < -0.39 is 38.4 Å². The molecule has 118 valence electrons. The molecule has 0 heterocycles. The maximum Gasteiger partial charge on any atom is 0.339 e. The molecule has 0 saturated carbocycles. The Balaban J connectivity index is 3.72.